The molecule has 2 unspecified atom stereocenters. The Balaban J connectivity index is 3.02. The van der Waals surface area contributed by atoms with Crippen molar-refractivity contribution in [3.05, 3.63) is 35.9 Å². The van der Waals surface area contributed by atoms with Crippen molar-refractivity contribution in [3.8, 4) is 0 Å². The van der Waals surface area contributed by atoms with Crippen LogP contribution in [0, 0.1) is 5.92 Å². The van der Waals surface area contributed by atoms with Crippen LogP contribution in [0.4, 0.5) is 0 Å². The maximum absolute atomic E-state index is 12.6. The Hall–Kier alpha value is -1.88. The molecule has 0 radical (unpaired) electrons. The van der Waals surface area contributed by atoms with Crippen LogP contribution in [-0.4, -0.2) is 30.6 Å². The van der Waals surface area contributed by atoms with Crippen LogP contribution >= 0.6 is 0 Å². The summed E-state index contributed by atoms with van der Waals surface area (Å²) in [6, 6.07) is 8.09. The first-order valence-corrected chi connectivity index (χ1v) is 7.86. The molecular formula is C18H28N2O3. The lowest BCUT2D eigenvalue weighted by Gasteiger charge is -2.30. The molecular weight excluding hydrogens is 292 g/mol. The summed E-state index contributed by atoms with van der Waals surface area (Å²) < 4.78 is 4.89. The lowest BCUT2D eigenvalue weighted by atomic mass is 9.98. The highest BCUT2D eigenvalue weighted by Crippen LogP contribution is 2.17. The van der Waals surface area contributed by atoms with Crippen LogP contribution < -0.4 is 10.6 Å². The van der Waals surface area contributed by atoms with Gasteiger partial charge in [-0.15, -0.1) is 0 Å². The molecule has 0 heterocycles. The van der Waals surface area contributed by atoms with Gasteiger partial charge in [-0.3, -0.25) is 10.1 Å². The number of hydrogen-bond donors (Lipinski definition) is 2. The Morgan fingerprint density at radius 3 is 2.09 bits per heavy atom. The van der Waals surface area contributed by atoms with E-state index >= 15 is 0 Å². The van der Waals surface area contributed by atoms with E-state index in [1.165, 1.54) is 7.11 Å². The minimum atomic E-state index is -0.681. The number of carbonyl (C=O) groups is 2. The molecule has 1 aromatic carbocycles. The molecule has 1 amide bonds. The Morgan fingerprint density at radius 1 is 1.09 bits per heavy atom. The summed E-state index contributed by atoms with van der Waals surface area (Å²) >= 11 is 0. The second-order valence-electron chi connectivity index (χ2n) is 6.99. The SMILES string of the molecule is COC(=O)C(NC(C(=O)NC(C)(C)C)C(C)C)c1ccccc1. The van der Waals surface area contributed by atoms with Gasteiger partial charge in [0.25, 0.3) is 0 Å². The fourth-order valence-electron chi connectivity index (χ4n) is 2.26. The number of ether oxygens (including phenoxy) is 1. The Kier molecular flexibility index (Phi) is 6.76. The number of rotatable bonds is 6. The van der Waals surface area contributed by atoms with Crippen LogP contribution in [0.3, 0.4) is 0 Å². The monoisotopic (exact) mass is 320 g/mol. The van der Waals surface area contributed by atoms with Crippen molar-refractivity contribution in [3.63, 3.8) is 0 Å². The van der Waals surface area contributed by atoms with Crippen molar-refractivity contribution in [2.24, 2.45) is 5.92 Å². The van der Waals surface area contributed by atoms with Gasteiger partial charge in [0.15, 0.2) is 0 Å². The van der Waals surface area contributed by atoms with E-state index in [0.29, 0.717) is 0 Å². The molecule has 0 bridgehead atoms. The van der Waals surface area contributed by atoms with Crippen LogP contribution in [0.2, 0.25) is 0 Å². The van der Waals surface area contributed by atoms with Crippen molar-refractivity contribution in [2.45, 2.75) is 52.2 Å². The average molecular weight is 320 g/mol. The van der Waals surface area contributed by atoms with Crippen molar-refractivity contribution in [2.75, 3.05) is 7.11 Å². The molecule has 128 valence electrons. The third kappa shape index (κ3) is 6.02. The quantitative estimate of drug-likeness (QED) is 0.790. The molecule has 1 aromatic rings. The van der Waals surface area contributed by atoms with Crippen molar-refractivity contribution in [1.29, 1.82) is 0 Å². The fourth-order valence-corrected chi connectivity index (χ4v) is 2.26. The molecule has 0 saturated heterocycles. The van der Waals surface area contributed by atoms with E-state index < -0.39 is 18.1 Å². The molecule has 0 aliphatic heterocycles. The summed E-state index contributed by atoms with van der Waals surface area (Å²) in [6.07, 6.45) is 0. The minimum Gasteiger partial charge on any atom is -0.468 e. The van der Waals surface area contributed by atoms with Crippen LogP contribution in [0.5, 0.6) is 0 Å². The molecule has 0 fully saturated rings. The first-order chi connectivity index (χ1) is 10.7. The molecule has 0 spiro atoms. The molecule has 1 rings (SSSR count). The summed E-state index contributed by atoms with van der Waals surface area (Å²) in [5.74, 6) is -0.518. The normalized spacial score (nSPS) is 14.2. The number of hydrogen-bond acceptors (Lipinski definition) is 4. The van der Waals surface area contributed by atoms with Gasteiger partial charge in [0, 0.05) is 5.54 Å². The highest BCUT2D eigenvalue weighted by molar-refractivity contribution is 5.84. The minimum absolute atomic E-state index is 0.0215. The van der Waals surface area contributed by atoms with E-state index in [0.717, 1.165) is 5.56 Å². The Bertz CT molecular complexity index is 521. The molecule has 0 aliphatic rings. The van der Waals surface area contributed by atoms with Gasteiger partial charge < -0.3 is 10.1 Å². The molecule has 2 N–H and O–H groups in total. The van der Waals surface area contributed by atoms with Gasteiger partial charge in [0.1, 0.15) is 6.04 Å². The van der Waals surface area contributed by atoms with Gasteiger partial charge in [-0.05, 0) is 32.3 Å². The van der Waals surface area contributed by atoms with Crippen LogP contribution in [0.1, 0.15) is 46.2 Å². The van der Waals surface area contributed by atoms with E-state index in [4.69, 9.17) is 4.74 Å². The largest absolute Gasteiger partial charge is 0.468 e. The third-order valence-electron chi connectivity index (χ3n) is 3.36. The summed E-state index contributed by atoms with van der Waals surface area (Å²) in [7, 11) is 1.35. The summed E-state index contributed by atoms with van der Waals surface area (Å²) in [5, 5.41) is 6.12. The molecule has 0 aromatic heterocycles. The molecule has 5 nitrogen and oxygen atoms in total. The predicted molar refractivity (Wildman–Crippen MR) is 90.9 cm³/mol. The number of esters is 1. The molecule has 0 saturated carbocycles. The fraction of sp³-hybridized carbons (Fsp3) is 0.556. The van der Waals surface area contributed by atoms with Gasteiger partial charge in [-0.2, -0.15) is 0 Å². The maximum Gasteiger partial charge on any atom is 0.327 e. The number of methoxy groups -OCH3 is 1. The van der Waals surface area contributed by atoms with E-state index in [1.54, 1.807) is 0 Å². The Labute approximate surface area is 138 Å². The first kappa shape index (κ1) is 19.2. The van der Waals surface area contributed by atoms with Gasteiger partial charge in [-0.25, -0.2) is 4.79 Å². The van der Waals surface area contributed by atoms with Gasteiger partial charge in [-0.1, -0.05) is 44.2 Å². The third-order valence-corrected chi connectivity index (χ3v) is 3.36. The first-order valence-electron chi connectivity index (χ1n) is 7.86. The average Bonchev–Trinajstić information content (AvgIpc) is 2.46. The lowest BCUT2D eigenvalue weighted by molar-refractivity contribution is -0.144. The van der Waals surface area contributed by atoms with Crippen molar-refractivity contribution >= 4 is 11.9 Å². The van der Waals surface area contributed by atoms with Gasteiger partial charge in [0.2, 0.25) is 5.91 Å². The van der Waals surface area contributed by atoms with Gasteiger partial charge in [0.05, 0.1) is 13.2 Å². The lowest BCUT2D eigenvalue weighted by Crippen LogP contribution is -2.54. The zero-order valence-corrected chi connectivity index (χ0v) is 14.8. The smallest absolute Gasteiger partial charge is 0.327 e. The summed E-state index contributed by atoms with van der Waals surface area (Å²) in [6.45, 7) is 9.67. The number of benzene rings is 1. The van der Waals surface area contributed by atoms with Crippen LogP contribution in [0.25, 0.3) is 0 Å². The zero-order valence-electron chi connectivity index (χ0n) is 14.8. The molecule has 23 heavy (non-hydrogen) atoms. The number of nitrogens with one attached hydrogen (secondary N) is 2. The molecule has 0 aliphatic carbocycles. The highest BCUT2D eigenvalue weighted by atomic mass is 16.5. The van der Waals surface area contributed by atoms with Gasteiger partial charge >= 0.3 is 5.97 Å². The van der Waals surface area contributed by atoms with E-state index in [1.807, 2.05) is 65.0 Å². The Morgan fingerprint density at radius 2 is 1.65 bits per heavy atom. The topological polar surface area (TPSA) is 67.4 Å². The van der Waals surface area contributed by atoms with E-state index in [9.17, 15) is 9.59 Å². The maximum atomic E-state index is 12.6. The number of carbonyl (C=O) groups excluding carboxylic acids is 2. The second kappa shape index (κ2) is 8.11. The molecule has 2 atom stereocenters. The van der Waals surface area contributed by atoms with E-state index in [-0.39, 0.29) is 17.4 Å². The van der Waals surface area contributed by atoms with Crippen molar-refractivity contribution in [1.82, 2.24) is 10.6 Å². The summed E-state index contributed by atoms with van der Waals surface area (Å²) in [5.41, 5.74) is 0.438. The predicted octanol–water partition coefficient (Wildman–Crippen LogP) is 2.43. The van der Waals surface area contributed by atoms with Crippen molar-refractivity contribution < 1.29 is 14.3 Å². The van der Waals surface area contributed by atoms with Crippen LogP contribution in [0.15, 0.2) is 30.3 Å². The number of amides is 1. The summed E-state index contributed by atoms with van der Waals surface area (Å²) in [4.78, 5) is 24.7. The van der Waals surface area contributed by atoms with Crippen LogP contribution in [-0.2, 0) is 14.3 Å². The standard InChI is InChI=1S/C18H28N2O3/c1-12(2)14(16(21)20-18(3,4)5)19-15(17(22)23-6)13-10-8-7-9-11-13/h7-12,14-15,19H,1-6H3,(H,20,21). The van der Waals surface area contributed by atoms with E-state index in [2.05, 4.69) is 10.6 Å². The highest BCUT2D eigenvalue weighted by Gasteiger charge is 2.31. The molecule has 5 heteroatoms. The zero-order chi connectivity index (χ0) is 17.6. The second-order valence-corrected chi connectivity index (χ2v) is 6.99.